The van der Waals surface area contributed by atoms with Crippen LogP contribution in [-0.4, -0.2) is 6.29 Å². The van der Waals surface area contributed by atoms with E-state index in [9.17, 15) is 4.79 Å². The third kappa shape index (κ3) is 44.8. The van der Waals surface area contributed by atoms with Gasteiger partial charge in [0.05, 0.1) is 0 Å². The summed E-state index contributed by atoms with van der Waals surface area (Å²) in [4.78, 5) is 9.41. The summed E-state index contributed by atoms with van der Waals surface area (Å²) < 4.78 is 0. The molecule has 0 bridgehead atoms. The Morgan fingerprint density at radius 2 is 1.89 bits per heavy atom. The molecular weight excluding hydrogens is 114 g/mol. The van der Waals surface area contributed by atoms with Crippen molar-refractivity contribution in [3.63, 3.8) is 0 Å². The quantitative estimate of drug-likeness (QED) is 0.425. The van der Waals surface area contributed by atoms with E-state index in [4.69, 9.17) is 5.73 Å². The lowest BCUT2D eigenvalue weighted by molar-refractivity contribution is -0.104. The topological polar surface area (TPSA) is 43.1 Å². The van der Waals surface area contributed by atoms with Crippen LogP contribution in [0, 0.1) is 0 Å². The van der Waals surface area contributed by atoms with Crippen LogP contribution in [0.5, 0.6) is 0 Å². The minimum absolute atomic E-state index is 0.574. The summed E-state index contributed by atoms with van der Waals surface area (Å²) >= 11 is 0. The fourth-order valence-corrected chi connectivity index (χ4v) is 0. The molecule has 0 radical (unpaired) electrons. The van der Waals surface area contributed by atoms with Gasteiger partial charge in [0.2, 0.25) is 0 Å². The van der Waals surface area contributed by atoms with E-state index in [0.717, 1.165) is 6.29 Å². The number of rotatable bonds is 1. The molecule has 0 spiro atoms. The molecule has 52 valence electrons. The molecule has 2 N–H and O–H groups in total. The summed E-state index contributed by atoms with van der Waals surface area (Å²) in [7, 11) is 0. The molecule has 0 fully saturated rings. The van der Waals surface area contributed by atoms with E-state index in [-0.39, 0.29) is 0 Å². The van der Waals surface area contributed by atoms with Gasteiger partial charge in [0.15, 0.2) is 0 Å². The summed E-state index contributed by atoms with van der Waals surface area (Å²) in [5.74, 6) is 0. The molecule has 0 rings (SSSR count). The van der Waals surface area contributed by atoms with E-state index in [2.05, 4.69) is 6.58 Å². The smallest absolute Gasteiger partial charge is 0.145 e. The second-order valence-corrected chi connectivity index (χ2v) is 1.49. The number of hydrogen-bond acceptors (Lipinski definition) is 2. The average molecular weight is 127 g/mol. The molecule has 0 unspecified atom stereocenters. The van der Waals surface area contributed by atoms with E-state index < -0.39 is 0 Å². The lowest BCUT2D eigenvalue weighted by Crippen LogP contribution is -1.70. The van der Waals surface area contributed by atoms with Crippen LogP contribution in [0.4, 0.5) is 0 Å². The lowest BCUT2D eigenvalue weighted by atomic mass is 10.4. The minimum atomic E-state index is 0.574. The molecule has 0 aromatic rings. The van der Waals surface area contributed by atoms with E-state index in [0.29, 0.717) is 5.57 Å². The largest absolute Gasteiger partial charge is 0.405 e. The second kappa shape index (κ2) is 10.0. The van der Waals surface area contributed by atoms with Gasteiger partial charge in [-0.1, -0.05) is 12.7 Å². The summed E-state index contributed by atoms with van der Waals surface area (Å²) in [6.45, 7) is 6.84. The number of allylic oxidation sites excluding steroid dienone is 2. The maximum Gasteiger partial charge on any atom is 0.145 e. The van der Waals surface area contributed by atoms with Gasteiger partial charge in [-0.15, -0.1) is 0 Å². The highest BCUT2D eigenvalue weighted by molar-refractivity contribution is 5.70. The number of carbonyl (C=O) groups excluding carboxylic acids is 1. The molecule has 0 aromatic carbocycles. The van der Waals surface area contributed by atoms with Gasteiger partial charge in [0.25, 0.3) is 0 Å². The first-order chi connectivity index (χ1) is 4.18. The molecule has 9 heavy (non-hydrogen) atoms. The first kappa shape index (κ1) is 10.8. The standard InChI is InChI=1S/C4H6O.C3H7N/c1-4(2)3-5;1-2-3-4/h3H,1H2,2H3;2-3H,4H2,1H3/b;3-2-. The van der Waals surface area contributed by atoms with Gasteiger partial charge in [-0.2, -0.15) is 0 Å². The number of hydrogen-bond donors (Lipinski definition) is 1. The van der Waals surface area contributed by atoms with Crippen LogP contribution in [0.1, 0.15) is 13.8 Å². The highest BCUT2D eigenvalue weighted by atomic mass is 16.1. The Morgan fingerprint density at radius 3 is 1.89 bits per heavy atom. The van der Waals surface area contributed by atoms with Crippen molar-refractivity contribution in [2.24, 2.45) is 5.73 Å². The van der Waals surface area contributed by atoms with E-state index in [1.54, 1.807) is 13.0 Å². The SMILES string of the molecule is C/C=C\N.C=C(C)C=O. The monoisotopic (exact) mass is 127 g/mol. The first-order valence-electron chi connectivity index (χ1n) is 2.62. The minimum Gasteiger partial charge on any atom is -0.405 e. The highest BCUT2D eigenvalue weighted by Crippen LogP contribution is 1.70. The van der Waals surface area contributed by atoms with Crippen molar-refractivity contribution in [2.45, 2.75) is 13.8 Å². The Labute approximate surface area is 56.1 Å². The molecule has 0 aliphatic carbocycles. The van der Waals surface area contributed by atoms with Gasteiger partial charge in [-0.25, -0.2) is 0 Å². The summed E-state index contributed by atoms with van der Waals surface area (Å²) in [5, 5.41) is 0. The van der Waals surface area contributed by atoms with Gasteiger partial charge in [-0.05, 0) is 25.6 Å². The number of nitrogens with two attached hydrogens (primary N) is 1. The second-order valence-electron chi connectivity index (χ2n) is 1.49. The van der Waals surface area contributed by atoms with Crippen molar-refractivity contribution in [2.75, 3.05) is 0 Å². The molecule has 0 amide bonds. The molecule has 0 heterocycles. The van der Waals surface area contributed by atoms with Crippen LogP contribution in [0.2, 0.25) is 0 Å². The van der Waals surface area contributed by atoms with E-state index in [1.807, 2.05) is 6.92 Å². The van der Waals surface area contributed by atoms with Crippen molar-refractivity contribution in [3.05, 3.63) is 24.4 Å². The van der Waals surface area contributed by atoms with Crippen LogP contribution in [0.25, 0.3) is 0 Å². The molecular formula is C7H13NO. The van der Waals surface area contributed by atoms with Gasteiger partial charge in [-0.3, -0.25) is 4.79 Å². The molecule has 0 saturated heterocycles. The predicted octanol–water partition coefficient (Wildman–Crippen LogP) is 1.24. The molecule has 0 aliphatic rings. The molecule has 2 nitrogen and oxygen atoms in total. The maximum absolute atomic E-state index is 9.41. The Bertz CT molecular complexity index is 101. The van der Waals surface area contributed by atoms with Crippen molar-refractivity contribution in [1.29, 1.82) is 0 Å². The molecule has 0 saturated carbocycles. The van der Waals surface area contributed by atoms with Crippen LogP contribution in [0.3, 0.4) is 0 Å². The zero-order valence-corrected chi connectivity index (χ0v) is 5.92. The fourth-order valence-electron chi connectivity index (χ4n) is 0. The zero-order chi connectivity index (χ0) is 7.70. The van der Waals surface area contributed by atoms with Gasteiger partial charge in [0, 0.05) is 0 Å². The first-order valence-corrected chi connectivity index (χ1v) is 2.62. The molecule has 0 atom stereocenters. The molecule has 0 aliphatic heterocycles. The normalized spacial score (nSPS) is 7.78. The number of carbonyl (C=O) groups is 1. The van der Waals surface area contributed by atoms with Crippen molar-refractivity contribution in [3.8, 4) is 0 Å². The van der Waals surface area contributed by atoms with Crippen molar-refractivity contribution >= 4 is 6.29 Å². The van der Waals surface area contributed by atoms with Crippen molar-refractivity contribution in [1.82, 2.24) is 0 Å². The Morgan fingerprint density at radius 1 is 1.67 bits per heavy atom. The van der Waals surface area contributed by atoms with Crippen LogP contribution >= 0.6 is 0 Å². The fraction of sp³-hybridized carbons (Fsp3) is 0.286. The van der Waals surface area contributed by atoms with Crippen LogP contribution in [0.15, 0.2) is 24.4 Å². The van der Waals surface area contributed by atoms with Crippen LogP contribution < -0.4 is 5.73 Å². The maximum atomic E-state index is 9.41. The van der Waals surface area contributed by atoms with E-state index >= 15 is 0 Å². The average Bonchev–Trinajstić information content (AvgIpc) is 1.89. The Hall–Kier alpha value is -1.05. The van der Waals surface area contributed by atoms with Gasteiger partial charge in [0.1, 0.15) is 6.29 Å². The Balaban J connectivity index is 0. The van der Waals surface area contributed by atoms with Gasteiger partial charge < -0.3 is 5.73 Å². The molecule has 0 aromatic heterocycles. The van der Waals surface area contributed by atoms with E-state index in [1.165, 1.54) is 6.20 Å². The Kier molecular flexibility index (Phi) is 12.1. The van der Waals surface area contributed by atoms with Gasteiger partial charge >= 0.3 is 0 Å². The third-order valence-electron chi connectivity index (χ3n) is 0.394. The van der Waals surface area contributed by atoms with Crippen LogP contribution in [-0.2, 0) is 4.79 Å². The summed E-state index contributed by atoms with van der Waals surface area (Å²) in [5.41, 5.74) is 5.42. The zero-order valence-electron chi connectivity index (χ0n) is 5.92. The molecule has 2 heteroatoms. The summed E-state index contributed by atoms with van der Waals surface area (Å²) in [6.07, 6.45) is 4.00. The number of aldehydes is 1. The third-order valence-corrected chi connectivity index (χ3v) is 0.394. The van der Waals surface area contributed by atoms with Crippen molar-refractivity contribution < 1.29 is 4.79 Å². The summed E-state index contributed by atoms with van der Waals surface area (Å²) in [6, 6.07) is 0. The highest BCUT2D eigenvalue weighted by Gasteiger charge is 1.66. The lowest BCUT2D eigenvalue weighted by Gasteiger charge is -1.65. The predicted molar refractivity (Wildman–Crippen MR) is 39.9 cm³/mol.